The summed E-state index contributed by atoms with van der Waals surface area (Å²) in [5.74, 6) is 0. The Balaban J connectivity index is 2.85. The van der Waals surface area contributed by atoms with Crippen molar-refractivity contribution in [2.45, 2.75) is 20.0 Å². The van der Waals surface area contributed by atoms with Gasteiger partial charge in [0, 0.05) is 19.0 Å². The Morgan fingerprint density at radius 1 is 1.62 bits per heavy atom. The minimum absolute atomic E-state index is 0.505. The topological polar surface area (TPSA) is 46.0 Å². The number of aromatic nitrogens is 1. The quantitative estimate of drug-likeness (QED) is 0.717. The van der Waals surface area contributed by atoms with Gasteiger partial charge in [-0.1, -0.05) is 6.92 Å². The van der Waals surface area contributed by atoms with E-state index in [0.717, 1.165) is 17.7 Å². The highest BCUT2D eigenvalue weighted by Gasteiger charge is 2.00. The highest BCUT2D eigenvalue weighted by Crippen LogP contribution is 2.05. The summed E-state index contributed by atoms with van der Waals surface area (Å²) in [6.07, 6.45) is 2.46. The first-order chi connectivity index (χ1) is 6.27. The number of nitrogens with one attached hydrogen (secondary N) is 1. The van der Waals surface area contributed by atoms with Crippen LogP contribution in [0.2, 0.25) is 0 Å². The summed E-state index contributed by atoms with van der Waals surface area (Å²) in [6.45, 7) is 2.48. The SMILES string of the molecule is CCC(=N)c1ccnc(COC)c1. The third-order valence-electron chi connectivity index (χ3n) is 1.81. The van der Waals surface area contributed by atoms with Crippen molar-refractivity contribution >= 4 is 5.71 Å². The van der Waals surface area contributed by atoms with Gasteiger partial charge >= 0.3 is 0 Å². The van der Waals surface area contributed by atoms with E-state index in [4.69, 9.17) is 10.1 Å². The zero-order valence-electron chi connectivity index (χ0n) is 8.00. The maximum Gasteiger partial charge on any atom is 0.0884 e. The molecule has 1 N–H and O–H groups in total. The smallest absolute Gasteiger partial charge is 0.0884 e. The molecule has 0 bridgehead atoms. The lowest BCUT2D eigenvalue weighted by Gasteiger charge is -2.03. The first-order valence-corrected chi connectivity index (χ1v) is 4.29. The molecule has 0 saturated carbocycles. The lowest BCUT2D eigenvalue weighted by atomic mass is 10.1. The third kappa shape index (κ3) is 2.63. The van der Waals surface area contributed by atoms with Gasteiger partial charge in [-0.2, -0.15) is 0 Å². The second kappa shape index (κ2) is 4.72. The number of ether oxygens (including phenoxy) is 1. The number of hydrogen-bond acceptors (Lipinski definition) is 3. The minimum atomic E-state index is 0.505. The van der Waals surface area contributed by atoms with Crippen LogP contribution in [0.5, 0.6) is 0 Å². The summed E-state index contributed by atoms with van der Waals surface area (Å²) < 4.78 is 4.96. The van der Waals surface area contributed by atoms with Crippen molar-refractivity contribution in [3.05, 3.63) is 29.6 Å². The van der Waals surface area contributed by atoms with Gasteiger partial charge in [0.1, 0.15) is 0 Å². The van der Waals surface area contributed by atoms with Crippen molar-refractivity contribution in [1.29, 1.82) is 5.41 Å². The van der Waals surface area contributed by atoms with Gasteiger partial charge in [0.25, 0.3) is 0 Å². The van der Waals surface area contributed by atoms with E-state index in [1.807, 2.05) is 19.1 Å². The van der Waals surface area contributed by atoms with Gasteiger partial charge in [-0.25, -0.2) is 0 Å². The molecule has 1 aromatic heterocycles. The van der Waals surface area contributed by atoms with Crippen LogP contribution in [0, 0.1) is 5.41 Å². The normalized spacial score (nSPS) is 10.0. The van der Waals surface area contributed by atoms with E-state index in [-0.39, 0.29) is 0 Å². The fourth-order valence-corrected chi connectivity index (χ4v) is 1.10. The fourth-order valence-electron chi connectivity index (χ4n) is 1.10. The molecule has 0 unspecified atom stereocenters. The zero-order valence-corrected chi connectivity index (χ0v) is 8.00. The maximum absolute atomic E-state index is 7.64. The van der Waals surface area contributed by atoms with Gasteiger partial charge in [-0.15, -0.1) is 0 Å². The fraction of sp³-hybridized carbons (Fsp3) is 0.400. The van der Waals surface area contributed by atoms with E-state index in [0.29, 0.717) is 12.3 Å². The number of hydrogen-bond donors (Lipinski definition) is 1. The van der Waals surface area contributed by atoms with Gasteiger partial charge in [0.05, 0.1) is 12.3 Å². The Bertz CT molecular complexity index is 297. The molecular weight excluding hydrogens is 164 g/mol. The molecule has 0 aliphatic heterocycles. The molecule has 1 heterocycles. The Morgan fingerprint density at radius 2 is 2.38 bits per heavy atom. The predicted octanol–water partition coefficient (Wildman–Crippen LogP) is 2.01. The van der Waals surface area contributed by atoms with Crippen molar-refractivity contribution in [2.75, 3.05) is 7.11 Å². The Morgan fingerprint density at radius 3 is 3.00 bits per heavy atom. The van der Waals surface area contributed by atoms with Crippen molar-refractivity contribution in [3.8, 4) is 0 Å². The van der Waals surface area contributed by atoms with Crippen molar-refractivity contribution in [3.63, 3.8) is 0 Å². The van der Waals surface area contributed by atoms with Crippen LogP contribution in [0.1, 0.15) is 24.6 Å². The van der Waals surface area contributed by atoms with Crippen molar-refractivity contribution in [2.24, 2.45) is 0 Å². The zero-order chi connectivity index (χ0) is 9.68. The van der Waals surface area contributed by atoms with Crippen molar-refractivity contribution < 1.29 is 4.74 Å². The largest absolute Gasteiger partial charge is 0.378 e. The molecule has 13 heavy (non-hydrogen) atoms. The molecule has 1 aromatic rings. The van der Waals surface area contributed by atoms with E-state index in [9.17, 15) is 0 Å². The monoisotopic (exact) mass is 178 g/mol. The van der Waals surface area contributed by atoms with Crippen LogP contribution in [0.4, 0.5) is 0 Å². The first-order valence-electron chi connectivity index (χ1n) is 4.29. The molecule has 0 aliphatic rings. The Hall–Kier alpha value is -1.22. The average Bonchev–Trinajstić information content (AvgIpc) is 2.18. The summed E-state index contributed by atoms with van der Waals surface area (Å²) in [5, 5.41) is 7.64. The summed E-state index contributed by atoms with van der Waals surface area (Å²) in [7, 11) is 1.64. The molecule has 0 atom stereocenters. The molecule has 0 saturated heterocycles. The molecule has 3 nitrogen and oxygen atoms in total. The maximum atomic E-state index is 7.64. The number of rotatable bonds is 4. The number of nitrogens with zero attached hydrogens (tertiary/aromatic N) is 1. The Kier molecular flexibility index (Phi) is 3.58. The minimum Gasteiger partial charge on any atom is -0.378 e. The van der Waals surface area contributed by atoms with Crippen LogP contribution in [0.25, 0.3) is 0 Å². The Labute approximate surface area is 78.3 Å². The highest BCUT2D eigenvalue weighted by molar-refractivity contribution is 5.97. The molecule has 0 aromatic carbocycles. The van der Waals surface area contributed by atoms with E-state index in [1.54, 1.807) is 13.3 Å². The van der Waals surface area contributed by atoms with Crippen molar-refractivity contribution in [1.82, 2.24) is 4.98 Å². The molecule has 0 aliphatic carbocycles. The van der Waals surface area contributed by atoms with Crippen LogP contribution in [0.15, 0.2) is 18.3 Å². The van der Waals surface area contributed by atoms with E-state index in [1.165, 1.54) is 0 Å². The van der Waals surface area contributed by atoms with E-state index < -0.39 is 0 Å². The first kappa shape index (κ1) is 9.86. The highest BCUT2D eigenvalue weighted by atomic mass is 16.5. The molecule has 1 rings (SSSR count). The molecular formula is C10H14N2O. The van der Waals surface area contributed by atoms with Gasteiger partial charge in [-0.05, 0) is 24.1 Å². The lowest BCUT2D eigenvalue weighted by Crippen LogP contribution is -2.00. The molecule has 70 valence electrons. The molecule has 0 spiro atoms. The van der Waals surface area contributed by atoms with E-state index in [2.05, 4.69) is 4.98 Å². The average molecular weight is 178 g/mol. The van der Waals surface area contributed by atoms with Gasteiger partial charge < -0.3 is 10.1 Å². The van der Waals surface area contributed by atoms with Gasteiger partial charge in [0.15, 0.2) is 0 Å². The number of pyridine rings is 1. The standard InChI is InChI=1S/C10H14N2O/c1-3-10(11)8-4-5-12-9(6-8)7-13-2/h4-6,11H,3,7H2,1-2H3. The lowest BCUT2D eigenvalue weighted by molar-refractivity contribution is 0.181. The predicted molar refractivity (Wildman–Crippen MR) is 52.1 cm³/mol. The second-order valence-corrected chi connectivity index (χ2v) is 2.80. The van der Waals surface area contributed by atoms with Crippen LogP contribution < -0.4 is 0 Å². The summed E-state index contributed by atoms with van der Waals surface area (Å²) in [5.41, 5.74) is 2.45. The van der Waals surface area contributed by atoms with Gasteiger partial charge in [0.2, 0.25) is 0 Å². The molecule has 0 fully saturated rings. The number of methoxy groups -OCH3 is 1. The van der Waals surface area contributed by atoms with Gasteiger partial charge in [-0.3, -0.25) is 4.98 Å². The van der Waals surface area contributed by atoms with E-state index >= 15 is 0 Å². The van der Waals surface area contributed by atoms with Crippen LogP contribution in [-0.4, -0.2) is 17.8 Å². The summed E-state index contributed by atoms with van der Waals surface area (Å²) >= 11 is 0. The third-order valence-corrected chi connectivity index (χ3v) is 1.81. The molecule has 0 amide bonds. The van der Waals surface area contributed by atoms with Crippen LogP contribution >= 0.6 is 0 Å². The second-order valence-electron chi connectivity index (χ2n) is 2.80. The van der Waals surface area contributed by atoms with Crippen LogP contribution in [0.3, 0.4) is 0 Å². The van der Waals surface area contributed by atoms with Crippen LogP contribution in [-0.2, 0) is 11.3 Å². The summed E-state index contributed by atoms with van der Waals surface area (Å²) in [4.78, 5) is 4.12. The molecule has 3 heteroatoms. The summed E-state index contributed by atoms with van der Waals surface area (Å²) in [6, 6.07) is 3.75. The molecule has 0 radical (unpaired) electrons.